The van der Waals surface area contributed by atoms with E-state index in [1.54, 1.807) is 0 Å². The summed E-state index contributed by atoms with van der Waals surface area (Å²) < 4.78 is 0. The summed E-state index contributed by atoms with van der Waals surface area (Å²) in [6.45, 7) is 9.82. The summed E-state index contributed by atoms with van der Waals surface area (Å²) in [4.78, 5) is 26.0. The second kappa shape index (κ2) is 7.65. The van der Waals surface area contributed by atoms with Crippen molar-refractivity contribution in [1.82, 2.24) is 4.90 Å². The van der Waals surface area contributed by atoms with Gasteiger partial charge in [-0.2, -0.15) is 0 Å². The fourth-order valence-electron chi connectivity index (χ4n) is 3.09. The van der Waals surface area contributed by atoms with E-state index < -0.39 is 11.9 Å². The summed E-state index contributed by atoms with van der Waals surface area (Å²) in [6, 6.07) is 0. The predicted octanol–water partition coefficient (Wildman–Crippen LogP) is 3.02. The molecule has 0 bridgehead atoms. The van der Waals surface area contributed by atoms with Crippen LogP contribution in [-0.4, -0.2) is 35.0 Å². The lowest BCUT2D eigenvalue weighted by Gasteiger charge is -2.34. The van der Waals surface area contributed by atoms with Crippen LogP contribution in [0, 0.1) is 23.7 Å². The minimum absolute atomic E-state index is 0.0551. The van der Waals surface area contributed by atoms with E-state index >= 15 is 0 Å². The highest BCUT2D eigenvalue weighted by molar-refractivity contribution is 5.85. The molecule has 2 atom stereocenters. The van der Waals surface area contributed by atoms with Gasteiger partial charge in [0.25, 0.3) is 0 Å². The first kappa shape index (κ1) is 17.0. The largest absolute Gasteiger partial charge is 0.481 e. The zero-order valence-corrected chi connectivity index (χ0v) is 13.3. The molecule has 1 aliphatic carbocycles. The summed E-state index contributed by atoms with van der Waals surface area (Å²) in [5.74, 6) is -0.748. The van der Waals surface area contributed by atoms with Crippen molar-refractivity contribution in [2.45, 2.75) is 53.4 Å². The van der Waals surface area contributed by atoms with Crippen molar-refractivity contribution in [3.05, 3.63) is 0 Å². The van der Waals surface area contributed by atoms with Gasteiger partial charge in [0.1, 0.15) is 0 Å². The smallest absolute Gasteiger partial charge is 0.307 e. The topological polar surface area (TPSA) is 57.6 Å². The van der Waals surface area contributed by atoms with Gasteiger partial charge < -0.3 is 10.0 Å². The van der Waals surface area contributed by atoms with Crippen LogP contribution in [0.1, 0.15) is 53.4 Å². The molecule has 20 heavy (non-hydrogen) atoms. The van der Waals surface area contributed by atoms with Crippen molar-refractivity contribution >= 4 is 11.9 Å². The third-order valence-electron chi connectivity index (χ3n) is 3.88. The SMILES string of the molecule is CC(C)CN(CC(C)C)C(=O)C1CCCC[C@@H]1C(=O)O. The Kier molecular flexibility index (Phi) is 6.50. The van der Waals surface area contributed by atoms with Gasteiger partial charge in [-0.25, -0.2) is 0 Å². The summed E-state index contributed by atoms with van der Waals surface area (Å²) >= 11 is 0. The molecule has 1 amide bonds. The highest BCUT2D eigenvalue weighted by Gasteiger charge is 2.37. The van der Waals surface area contributed by atoms with Crippen LogP contribution in [0.2, 0.25) is 0 Å². The molecule has 4 nitrogen and oxygen atoms in total. The van der Waals surface area contributed by atoms with Gasteiger partial charge in [0.2, 0.25) is 5.91 Å². The van der Waals surface area contributed by atoms with Crippen molar-refractivity contribution in [3.63, 3.8) is 0 Å². The summed E-state index contributed by atoms with van der Waals surface area (Å²) in [7, 11) is 0. The van der Waals surface area contributed by atoms with Crippen molar-refractivity contribution < 1.29 is 14.7 Å². The summed E-state index contributed by atoms with van der Waals surface area (Å²) in [5.41, 5.74) is 0. The number of carbonyl (C=O) groups excluding carboxylic acids is 1. The second-order valence-corrected chi connectivity index (χ2v) is 6.87. The van der Waals surface area contributed by atoms with E-state index in [-0.39, 0.29) is 11.8 Å². The number of aliphatic carboxylic acids is 1. The third kappa shape index (κ3) is 4.80. The van der Waals surface area contributed by atoms with Crippen LogP contribution in [0.5, 0.6) is 0 Å². The molecule has 0 saturated heterocycles. The van der Waals surface area contributed by atoms with E-state index in [2.05, 4.69) is 27.7 Å². The lowest BCUT2D eigenvalue weighted by atomic mass is 9.78. The van der Waals surface area contributed by atoms with Crippen LogP contribution in [0.15, 0.2) is 0 Å². The normalized spacial score (nSPS) is 23.1. The number of nitrogens with zero attached hydrogens (tertiary/aromatic N) is 1. The lowest BCUT2D eigenvalue weighted by Crippen LogP contribution is -2.45. The number of carboxylic acid groups (broad SMARTS) is 1. The number of hydrogen-bond donors (Lipinski definition) is 1. The number of carboxylic acids is 1. The van der Waals surface area contributed by atoms with Crippen molar-refractivity contribution in [2.24, 2.45) is 23.7 Å². The summed E-state index contributed by atoms with van der Waals surface area (Å²) in [6.07, 6.45) is 3.26. The molecule has 1 unspecified atom stereocenters. The minimum atomic E-state index is -0.808. The van der Waals surface area contributed by atoms with Gasteiger partial charge in [-0.3, -0.25) is 9.59 Å². The molecule has 1 aliphatic rings. The molecule has 0 aromatic heterocycles. The molecule has 1 N–H and O–H groups in total. The van der Waals surface area contributed by atoms with Crippen molar-refractivity contribution in [2.75, 3.05) is 13.1 Å². The molecule has 116 valence electrons. The zero-order chi connectivity index (χ0) is 15.3. The van der Waals surface area contributed by atoms with Gasteiger partial charge in [-0.15, -0.1) is 0 Å². The van der Waals surface area contributed by atoms with Gasteiger partial charge in [-0.1, -0.05) is 40.5 Å². The highest BCUT2D eigenvalue weighted by atomic mass is 16.4. The van der Waals surface area contributed by atoms with Crippen LogP contribution in [-0.2, 0) is 9.59 Å². The predicted molar refractivity (Wildman–Crippen MR) is 79.3 cm³/mol. The maximum atomic E-state index is 12.7. The Bertz CT molecular complexity index is 329. The second-order valence-electron chi connectivity index (χ2n) is 6.87. The number of hydrogen-bond acceptors (Lipinski definition) is 2. The van der Waals surface area contributed by atoms with Gasteiger partial charge in [0, 0.05) is 13.1 Å². The van der Waals surface area contributed by atoms with Crippen LogP contribution < -0.4 is 0 Å². The average molecular weight is 283 g/mol. The molecular formula is C16H29NO3. The standard InChI is InChI=1S/C16H29NO3/c1-11(2)9-17(10-12(3)4)15(18)13-7-5-6-8-14(13)16(19)20/h11-14H,5-10H2,1-4H3,(H,19,20)/t13?,14-/m0/s1. The van der Waals surface area contributed by atoms with E-state index in [1.165, 1.54) is 0 Å². The Balaban J connectivity index is 2.82. The molecule has 0 aromatic rings. The van der Waals surface area contributed by atoms with Crippen LogP contribution in [0.4, 0.5) is 0 Å². The van der Waals surface area contributed by atoms with Crippen molar-refractivity contribution in [1.29, 1.82) is 0 Å². The Morgan fingerprint density at radius 3 is 1.85 bits per heavy atom. The Labute approximate surface area is 122 Å². The average Bonchev–Trinajstić information content (AvgIpc) is 2.36. The van der Waals surface area contributed by atoms with Crippen molar-refractivity contribution in [3.8, 4) is 0 Å². The van der Waals surface area contributed by atoms with E-state index in [9.17, 15) is 14.7 Å². The van der Waals surface area contributed by atoms with Gasteiger partial charge >= 0.3 is 5.97 Å². The first-order valence-electron chi connectivity index (χ1n) is 7.84. The molecule has 0 spiro atoms. The van der Waals surface area contributed by atoms with E-state index in [0.717, 1.165) is 32.4 Å². The molecule has 0 aliphatic heterocycles. The Hall–Kier alpha value is -1.06. The van der Waals surface area contributed by atoms with Gasteiger partial charge in [-0.05, 0) is 24.7 Å². The van der Waals surface area contributed by atoms with E-state index in [1.807, 2.05) is 4.90 Å². The molecule has 4 heteroatoms. The quantitative estimate of drug-likeness (QED) is 0.815. The molecule has 0 heterocycles. The molecular weight excluding hydrogens is 254 g/mol. The van der Waals surface area contributed by atoms with E-state index in [0.29, 0.717) is 18.3 Å². The van der Waals surface area contributed by atoms with Crippen LogP contribution >= 0.6 is 0 Å². The molecule has 0 aromatic carbocycles. The molecule has 1 fully saturated rings. The minimum Gasteiger partial charge on any atom is -0.481 e. The Morgan fingerprint density at radius 2 is 1.45 bits per heavy atom. The lowest BCUT2D eigenvalue weighted by molar-refractivity contribution is -0.152. The molecule has 0 radical (unpaired) electrons. The van der Waals surface area contributed by atoms with Crippen LogP contribution in [0.25, 0.3) is 0 Å². The van der Waals surface area contributed by atoms with Gasteiger partial charge in [0.05, 0.1) is 11.8 Å². The molecule has 1 rings (SSSR count). The highest BCUT2D eigenvalue weighted by Crippen LogP contribution is 2.32. The van der Waals surface area contributed by atoms with E-state index in [4.69, 9.17) is 0 Å². The maximum Gasteiger partial charge on any atom is 0.307 e. The van der Waals surface area contributed by atoms with Gasteiger partial charge in [0.15, 0.2) is 0 Å². The Morgan fingerprint density at radius 1 is 1.00 bits per heavy atom. The molecule has 1 saturated carbocycles. The zero-order valence-electron chi connectivity index (χ0n) is 13.3. The first-order chi connectivity index (χ1) is 9.32. The number of carbonyl (C=O) groups is 2. The monoisotopic (exact) mass is 283 g/mol. The number of rotatable bonds is 6. The maximum absolute atomic E-state index is 12.7. The fraction of sp³-hybridized carbons (Fsp3) is 0.875. The number of amides is 1. The third-order valence-corrected chi connectivity index (χ3v) is 3.88. The van der Waals surface area contributed by atoms with Crippen LogP contribution in [0.3, 0.4) is 0 Å². The summed E-state index contributed by atoms with van der Waals surface area (Å²) in [5, 5.41) is 9.33. The fourth-order valence-corrected chi connectivity index (χ4v) is 3.09. The first-order valence-corrected chi connectivity index (χ1v) is 7.84.